The second kappa shape index (κ2) is 6.36. The van der Waals surface area contributed by atoms with Crippen LogP contribution in [0.4, 0.5) is 11.4 Å². The molecule has 3 nitrogen and oxygen atoms in total. The predicted molar refractivity (Wildman–Crippen MR) is 104 cm³/mol. The number of methoxy groups -OCH3 is 1. The first-order valence-electron chi connectivity index (χ1n) is 8.23. The molecular formula is C22H18N2O. The molecule has 0 N–H and O–H groups in total. The van der Waals surface area contributed by atoms with Crippen LogP contribution in [0.25, 0.3) is 22.9 Å². The van der Waals surface area contributed by atoms with Gasteiger partial charge in [-0.3, -0.25) is 0 Å². The molecule has 0 heterocycles. The number of rotatable bonds is 3. The Bertz CT molecular complexity index is 1030. The molecule has 3 aromatic carbocycles. The summed E-state index contributed by atoms with van der Waals surface area (Å²) >= 11 is 0. The fourth-order valence-corrected chi connectivity index (χ4v) is 3.12. The summed E-state index contributed by atoms with van der Waals surface area (Å²) in [5.41, 5.74) is 5.24. The summed E-state index contributed by atoms with van der Waals surface area (Å²) in [6.45, 7) is 2.10. The van der Waals surface area contributed by atoms with E-state index in [1.807, 2.05) is 24.3 Å². The van der Waals surface area contributed by atoms with Crippen LogP contribution in [0.3, 0.4) is 0 Å². The van der Waals surface area contributed by atoms with Gasteiger partial charge in [0.1, 0.15) is 5.75 Å². The normalized spacial score (nSPS) is 12.7. The van der Waals surface area contributed by atoms with E-state index in [4.69, 9.17) is 4.74 Å². The molecule has 0 amide bonds. The van der Waals surface area contributed by atoms with Gasteiger partial charge in [-0.2, -0.15) is 10.2 Å². The van der Waals surface area contributed by atoms with Crippen molar-refractivity contribution in [1.29, 1.82) is 0 Å². The molecule has 0 atom stereocenters. The second-order valence-electron chi connectivity index (χ2n) is 6.00. The van der Waals surface area contributed by atoms with Gasteiger partial charge in [0.2, 0.25) is 0 Å². The van der Waals surface area contributed by atoms with Crippen molar-refractivity contribution < 1.29 is 4.74 Å². The van der Waals surface area contributed by atoms with E-state index in [1.54, 1.807) is 7.11 Å². The average molecular weight is 326 g/mol. The molecule has 1 aliphatic carbocycles. The minimum Gasteiger partial charge on any atom is -0.497 e. The van der Waals surface area contributed by atoms with Gasteiger partial charge >= 0.3 is 0 Å². The maximum absolute atomic E-state index is 5.17. The van der Waals surface area contributed by atoms with Crippen LogP contribution in [0.1, 0.15) is 16.7 Å². The van der Waals surface area contributed by atoms with Crippen molar-refractivity contribution in [2.75, 3.05) is 7.11 Å². The van der Waals surface area contributed by atoms with Crippen molar-refractivity contribution in [2.24, 2.45) is 10.2 Å². The Morgan fingerprint density at radius 3 is 2.36 bits per heavy atom. The first-order valence-corrected chi connectivity index (χ1v) is 8.23. The Labute approximate surface area is 147 Å². The van der Waals surface area contributed by atoms with Crippen molar-refractivity contribution >= 4 is 34.3 Å². The Kier molecular flexibility index (Phi) is 3.90. The smallest absolute Gasteiger partial charge is 0.119 e. The molecule has 25 heavy (non-hydrogen) atoms. The van der Waals surface area contributed by atoms with Gasteiger partial charge in [-0.25, -0.2) is 0 Å². The summed E-state index contributed by atoms with van der Waals surface area (Å²) in [5.74, 6) is 0.812. The molecular weight excluding hydrogens is 308 g/mol. The number of hydrogen-bond donors (Lipinski definition) is 0. The number of aryl methyl sites for hydroxylation is 1. The highest BCUT2D eigenvalue weighted by atomic mass is 16.5. The van der Waals surface area contributed by atoms with Crippen LogP contribution in [0.2, 0.25) is 0 Å². The third-order valence-corrected chi connectivity index (χ3v) is 4.47. The molecule has 122 valence electrons. The molecule has 0 spiro atoms. The van der Waals surface area contributed by atoms with E-state index >= 15 is 0 Å². The van der Waals surface area contributed by atoms with Crippen LogP contribution in [0, 0.1) is 6.92 Å². The van der Waals surface area contributed by atoms with E-state index < -0.39 is 0 Å². The van der Waals surface area contributed by atoms with Crippen molar-refractivity contribution in [3.63, 3.8) is 0 Å². The molecule has 0 fully saturated rings. The second-order valence-corrected chi connectivity index (χ2v) is 6.00. The zero-order chi connectivity index (χ0) is 17.2. The van der Waals surface area contributed by atoms with Crippen LogP contribution in [0.5, 0.6) is 5.75 Å². The highest BCUT2D eigenvalue weighted by Crippen LogP contribution is 2.36. The first-order chi connectivity index (χ1) is 12.3. The molecule has 0 bridgehead atoms. The molecule has 1 aliphatic rings. The molecule has 0 saturated carbocycles. The van der Waals surface area contributed by atoms with Crippen molar-refractivity contribution in [2.45, 2.75) is 6.92 Å². The Hall–Kier alpha value is -3.20. The van der Waals surface area contributed by atoms with Gasteiger partial charge < -0.3 is 4.74 Å². The molecule has 3 aromatic rings. The fraction of sp³-hybridized carbons (Fsp3) is 0.0909. The van der Waals surface area contributed by atoms with Crippen molar-refractivity contribution in [1.82, 2.24) is 0 Å². The zero-order valence-electron chi connectivity index (χ0n) is 14.2. The van der Waals surface area contributed by atoms with Crippen molar-refractivity contribution in [3.8, 4) is 5.75 Å². The third-order valence-electron chi connectivity index (χ3n) is 4.47. The monoisotopic (exact) mass is 326 g/mol. The van der Waals surface area contributed by atoms with E-state index in [0.717, 1.165) is 22.7 Å². The first kappa shape index (κ1) is 15.3. The maximum atomic E-state index is 5.17. The number of ether oxygens (including phenoxy) is 1. The Balaban J connectivity index is 1.81. The standard InChI is InChI=1S/C22H18N2O/c1-15-20-9-5-8-16-6-3-4-7-17(22(16)20)14-21(15)24-23-18-10-12-19(25-2)13-11-18/h3-14H,1-2H3. The third kappa shape index (κ3) is 2.85. The van der Waals surface area contributed by atoms with Crippen LogP contribution in [0.15, 0.2) is 70.9 Å². The number of hydrogen-bond acceptors (Lipinski definition) is 3. The Morgan fingerprint density at radius 1 is 0.840 bits per heavy atom. The molecule has 0 aromatic heterocycles. The van der Waals surface area contributed by atoms with Gasteiger partial charge in [-0.1, -0.05) is 42.5 Å². The van der Waals surface area contributed by atoms with Crippen LogP contribution in [-0.2, 0) is 0 Å². The van der Waals surface area contributed by atoms with Crippen LogP contribution in [-0.4, -0.2) is 7.11 Å². The molecule has 0 unspecified atom stereocenters. The fourth-order valence-electron chi connectivity index (χ4n) is 3.12. The highest BCUT2D eigenvalue weighted by molar-refractivity contribution is 6.02. The summed E-state index contributed by atoms with van der Waals surface area (Å²) in [6.07, 6.45) is 8.41. The van der Waals surface area contributed by atoms with E-state index in [-0.39, 0.29) is 0 Å². The quantitative estimate of drug-likeness (QED) is 0.498. The minimum absolute atomic E-state index is 0.803. The lowest BCUT2D eigenvalue weighted by atomic mass is 9.95. The SMILES string of the molecule is COc1ccc(N=Nc2cc3c4c(cccc4c2C)C=CC=C3)cc1. The summed E-state index contributed by atoms with van der Waals surface area (Å²) in [7, 11) is 1.65. The average Bonchev–Trinajstić information content (AvgIpc) is 2.87. The number of azo groups is 1. The van der Waals surface area contributed by atoms with Gasteiger partial charge in [0.25, 0.3) is 0 Å². The lowest BCUT2D eigenvalue weighted by Crippen LogP contribution is -1.87. The van der Waals surface area contributed by atoms with Gasteiger partial charge in [0.05, 0.1) is 18.5 Å². The van der Waals surface area contributed by atoms with E-state index in [0.29, 0.717) is 0 Å². The lowest BCUT2D eigenvalue weighted by Gasteiger charge is -2.11. The van der Waals surface area contributed by atoms with Crippen molar-refractivity contribution in [3.05, 3.63) is 77.4 Å². The van der Waals surface area contributed by atoms with Gasteiger partial charge in [-0.15, -0.1) is 0 Å². The topological polar surface area (TPSA) is 34.0 Å². The molecule has 0 saturated heterocycles. The molecule has 4 rings (SSSR count). The lowest BCUT2D eigenvalue weighted by molar-refractivity contribution is 0.415. The van der Waals surface area contributed by atoms with Gasteiger partial charge in [0.15, 0.2) is 0 Å². The minimum atomic E-state index is 0.803. The highest BCUT2D eigenvalue weighted by Gasteiger charge is 2.11. The summed E-state index contributed by atoms with van der Waals surface area (Å²) in [6, 6.07) is 16.1. The molecule has 0 radical (unpaired) electrons. The number of allylic oxidation sites excluding steroid dienone is 2. The largest absolute Gasteiger partial charge is 0.497 e. The summed E-state index contributed by atoms with van der Waals surface area (Å²) in [4.78, 5) is 0. The van der Waals surface area contributed by atoms with E-state index in [1.165, 1.54) is 21.9 Å². The molecule has 3 heteroatoms. The molecule has 0 aliphatic heterocycles. The zero-order valence-corrected chi connectivity index (χ0v) is 14.2. The van der Waals surface area contributed by atoms with Crippen LogP contribution >= 0.6 is 0 Å². The summed E-state index contributed by atoms with van der Waals surface area (Å²) in [5, 5.41) is 11.4. The van der Waals surface area contributed by atoms with Gasteiger partial charge in [0, 0.05) is 0 Å². The maximum Gasteiger partial charge on any atom is 0.119 e. The number of nitrogens with zero attached hydrogens (tertiary/aromatic N) is 2. The number of benzene rings is 3. The Morgan fingerprint density at radius 2 is 1.60 bits per heavy atom. The van der Waals surface area contributed by atoms with Gasteiger partial charge in [-0.05, 0) is 64.7 Å². The summed E-state index contributed by atoms with van der Waals surface area (Å²) < 4.78 is 5.17. The van der Waals surface area contributed by atoms with E-state index in [9.17, 15) is 0 Å². The van der Waals surface area contributed by atoms with Crippen LogP contribution < -0.4 is 4.74 Å². The predicted octanol–water partition coefficient (Wildman–Crippen LogP) is 6.61. The van der Waals surface area contributed by atoms with E-state index in [2.05, 4.69) is 65.7 Å².